The highest BCUT2D eigenvalue weighted by molar-refractivity contribution is 9.11. The zero-order chi connectivity index (χ0) is 14.1. The SMILES string of the molecule is NC(c1ccc(Br)cc1Br)c1cccc2cnccc12. The van der Waals surface area contributed by atoms with Crippen molar-refractivity contribution in [3.63, 3.8) is 0 Å². The number of hydrogen-bond acceptors (Lipinski definition) is 2. The number of benzene rings is 2. The predicted molar refractivity (Wildman–Crippen MR) is 89.6 cm³/mol. The summed E-state index contributed by atoms with van der Waals surface area (Å²) < 4.78 is 2.04. The largest absolute Gasteiger partial charge is 0.320 e. The molecule has 0 aliphatic heterocycles. The van der Waals surface area contributed by atoms with Crippen LogP contribution >= 0.6 is 31.9 Å². The lowest BCUT2D eigenvalue weighted by molar-refractivity contribution is 0.874. The molecule has 0 radical (unpaired) electrons. The zero-order valence-corrected chi connectivity index (χ0v) is 13.7. The van der Waals surface area contributed by atoms with E-state index in [9.17, 15) is 0 Å². The Morgan fingerprint density at radius 1 is 1.00 bits per heavy atom. The molecule has 0 amide bonds. The Morgan fingerprint density at radius 3 is 2.65 bits per heavy atom. The Morgan fingerprint density at radius 2 is 1.85 bits per heavy atom. The van der Waals surface area contributed by atoms with Crippen molar-refractivity contribution in [1.82, 2.24) is 4.98 Å². The van der Waals surface area contributed by atoms with Gasteiger partial charge in [0.2, 0.25) is 0 Å². The van der Waals surface area contributed by atoms with E-state index in [4.69, 9.17) is 5.73 Å². The molecule has 3 rings (SSSR count). The highest BCUT2D eigenvalue weighted by atomic mass is 79.9. The first-order valence-electron chi connectivity index (χ1n) is 6.20. The van der Waals surface area contributed by atoms with Gasteiger partial charge < -0.3 is 5.73 Å². The summed E-state index contributed by atoms with van der Waals surface area (Å²) in [6.07, 6.45) is 3.66. The maximum Gasteiger partial charge on any atom is 0.0568 e. The molecule has 0 aliphatic rings. The Kier molecular flexibility index (Phi) is 3.87. The average molecular weight is 392 g/mol. The summed E-state index contributed by atoms with van der Waals surface area (Å²) in [4.78, 5) is 4.16. The highest BCUT2D eigenvalue weighted by Gasteiger charge is 2.14. The summed E-state index contributed by atoms with van der Waals surface area (Å²) in [5, 5.41) is 2.25. The van der Waals surface area contributed by atoms with Gasteiger partial charge in [0.25, 0.3) is 0 Å². The Balaban J connectivity index is 2.15. The van der Waals surface area contributed by atoms with Gasteiger partial charge in [-0.3, -0.25) is 4.98 Å². The summed E-state index contributed by atoms with van der Waals surface area (Å²) in [5.74, 6) is 0. The topological polar surface area (TPSA) is 38.9 Å². The number of rotatable bonds is 2. The standard InChI is InChI=1S/C16H12Br2N2/c17-11-4-5-14(15(18)8-11)16(19)13-3-1-2-10-9-20-7-6-12(10)13/h1-9,16H,19H2. The monoisotopic (exact) mass is 390 g/mol. The van der Waals surface area contributed by atoms with E-state index < -0.39 is 0 Å². The summed E-state index contributed by atoms with van der Waals surface area (Å²) in [6.45, 7) is 0. The van der Waals surface area contributed by atoms with Crippen molar-refractivity contribution in [3.05, 3.63) is 74.9 Å². The Bertz CT molecular complexity index is 766. The molecule has 0 fully saturated rings. The molecule has 1 heterocycles. The lowest BCUT2D eigenvalue weighted by Gasteiger charge is -2.17. The number of hydrogen-bond donors (Lipinski definition) is 1. The van der Waals surface area contributed by atoms with Gasteiger partial charge in [-0.05, 0) is 34.7 Å². The van der Waals surface area contributed by atoms with Gasteiger partial charge in [-0.2, -0.15) is 0 Å². The first kappa shape index (κ1) is 13.7. The molecule has 4 heteroatoms. The van der Waals surface area contributed by atoms with Crippen LogP contribution in [0.15, 0.2) is 63.8 Å². The molecule has 2 nitrogen and oxygen atoms in total. The second-order valence-corrected chi connectivity index (χ2v) is 6.36. The third-order valence-corrected chi connectivity index (χ3v) is 4.53. The fourth-order valence-corrected chi connectivity index (χ4v) is 3.63. The van der Waals surface area contributed by atoms with Crippen LogP contribution in [-0.4, -0.2) is 4.98 Å². The number of nitrogens with two attached hydrogens (primary N) is 1. The molecule has 0 saturated heterocycles. The van der Waals surface area contributed by atoms with Crippen LogP contribution in [-0.2, 0) is 0 Å². The number of halogens is 2. The van der Waals surface area contributed by atoms with Crippen molar-refractivity contribution in [3.8, 4) is 0 Å². The second-order valence-electron chi connectivity index (χ2n) is 4.59. The van der Waals surface area contributed by atoms with E-state index in [1.807, 2.05) is 36.5 Å². The van der Waals surface area contributed by atoms with E-state index in [1.165, 1.54) is 0 Å². The fourth-order valence-electron chi connectivity index (χ4n) is 2.34. The van der Waals surface area contributed by atoms with Gasteiger partial charge in [-0.25, -0.2) is 0 Å². The lowest BCUT2D eigenvalue weighted by atomic mass is 9.95. The maximum absolute atomic E-state index is 6.47. The summed E-state index contributed by atoms with van der Waals surface area (Å²) in [7, 11) is 0. The van der Waals surface area contributed by atoms with Gasteiger partial charge in [0.05, 0.1) is 6.04 Å². The molecule has 1 unspecified atom stereocenters. The minimum atomic E-state index is -0.177. The van der Waals surface area contributed by atoms with E-state index in [0.717, 1.165) is 30.8 Å². The van der Waals surface area contributed by atoms with Crippen LogP contribution in [0, 0.1) is 0 Å². The minimum absolute atomic E-state index is 0.177. The molecular formula is C16H12Br2N2. The van der Waals surface area contributed by atoms with E-state index in [-0.39, 0.29) is 6.04 Å². The number of fused-ring (bicyclic) bond motifs is 1. The van der Waals surface area contributed by atoms with E-state index >= 15 is 0 Å². The molecule has 1 atom stereocenters. The predicted octanol–water partition coefficient (Wildman–Crippen LogP) is 4.81. The van der Waals surface area contributed by atoms with Gasteiger partial charge in [0.1, 0.15) is 0 Å². The van der Waals surface area contributed by atoms with Crippen molar-refractivity contribution in [1.29, 1.82) is 0 Å². The van der Waals surface area contributed by atoms with E-state index in [2.05, 4.69) is 49.0 Å². The second kappa shape index (κ2) is 5.64. The zero-order valence-electron chi connectivity index (χ0n) is 10.6. The van der Waals surface area contributed by atoms with Crippen molar-refractivity contribution < 1.29 is 0 Å². The van der Waals surface area contributed by atoms with Gasteiger partial charge in [-0.1, -0.05) is 56.1 Å². The van der Waals surface area contributed by atoms with Crippen LogP contribution in [0.4, 0.5) is 0 Å². The summed E-state index contributed by atoms with van der Waals surface area (Å²) >= 11 is 7.05. The molecule has 1 aromatic heterocycles. The van der Waals surface area contributed by atoms with Gasteiger partial charge in [0.15, 0.2) is 0 Å². The third-order valence-electron chi connectivity index (χ3n) is 3.35. The third kappa shape index (κ3) is 2.51. The summed E-state index contributed by atoms with van der Waals surface area (Å²) in [5.41, 5.74) is 8.64. The first-order valence-corrected chi connectivity index (χ1v) is 7.78. The minimum Gasteiger partial charge on any atom is -0.320 e. The molecule has 20 heavy (non-hydrogen) atoms. The number of aromatic nitrogens is 1. The van der Waals surface area contributed by atoms with Gasteiger partial charge >= 0.3 is 0 Å². The van der Waals surface area contributed by atoms with Crippen LogP contribution in [0.25, 0.3) is 10.8 Å². The van der Waals surface area contributed by atoms with Crippen LogP contribution in [0.5, 0.6) is 0 Å². The van der Waals surface area contributed by atoms with Crippen molar-refractivity contribution in [2.75, 3.05) is 0 Å². The van der Waals surface area contributed by atoms with Crippen molar-refractivity contribution in [2.45, 2.75) is 6.04 Å². The van der Waals surface area contributed by atoms with E-state index in [1.54, 1.807) is 6.20 Å². The highest BCUT2D eigenvalue weighted by Crippen LogP contribution is 2.32. The average Bonchev–Trinajstić information content (AvgIpc) is 2.46. The molecule has 3 aromatic rings. The fraction of sp³-hybridized carbons (Fsp3) is 0.0625. The molecule has 2 N–H and O–H groups in total. The Hall–Kier alpha value is -1.23. The van der Waals surface area contributed by atoms with Crippen LogP contribution in [0.1, 0.15) is 17.2 Å². The summed E-state index contributed by atoms with van der Waals surface area (Å²) in [6, 6.07) is 14.0. The molecule has 0 aliphatic carbocycles. The van der Waals surface area contributed by atoms with Crippen molar-refractivity contribution >= 4 is 42.6 Å². The lowest BCUT2D eigenvalue weighted by Crippen LogP contribution is -2.13. The number of pyridine rings is 1. The Labute approximate surface area is 134 Å². The molecule has 2 aromatic carbocycles. The smallest absolute Gasteiger partial charge is 0.0568 e. The number of nitrogens with zero attached hydrogens (tertiary/aromatic N) is 1. The van der Waals surface area contributed by atoms with Gasteiger partial charge in [-0.15, -0.1) is 0 Å². The van der Waals surface area contributed by atoms with Crippen LogP contribution in [0.3, 0.4) is 0 Å². The molecule has 0 bridgehead atoms. The quantitative estimate of drug-likeness (QED) is 0.680. The maximum atomic E-state index is 6.47. The van der Waals surface area contributed by atoms with Crippen LogP contribution in [0.2, 0.25) is 0 Å². The molecule has 0 saturated carbocycles. The molecular weight excluding hydrogens is 380 g/mol. The normalized spacial score (nSPS) is 12.6. The molecule has 100 valence electrons. The molecule has 0 spiro atoms. The van der Waals surface area contributed by atoms with E-state index in [0.29, 0.717) is 0 Å². The van der Waals surface area contributed by atoms with Crippen LogP contribution < -0.4 is 5.73 Å². The van der Waals surface area contributed by atoms with Crippen molar-refractivity contribution in [2.24, 2.45) is 5.73 Å². The first-order chi connectivity index (χ1) is 9.66. The van der Waals surface area contributed by atoms with Gasteiger partial charge in [0, 0.05) is 26.7 Å².